The minimum absolute atomic E-state index is 0.351. The first-order valence-electron chi connectivity index (χ1n) is 8.85. The molecule has 2 heterocycles. The number of carbonyl (C=O) groups is 2. The van der Waals surface area contributed by atoms with Crippen LogP contribution in [0.15, 0.2) is 5.38 Å². The van der Waals surface area contributed by atoms with E-state index in [1.807, 2.05) is 5.38 Å². The molecule has 146 valence electrons. The van der Waals surface area contributed by atoms with Crippen LogP contribution in [0.5, 0.6) is 0 Å². The number of aromatic nitrogens is 1. The van der Waals surface area contributed by atoms with Crippen molar-refractivity contribution in [2.24, 2.45) is 0 Å². The molecule has 9 heteroatoms. The smallest absolute Gasteiger partial charge is 0.326 e. The molecule has 1 aliphatic rings. The molecule has 8 nitrogen and oxygen atoms in total. The summed E-state index contributed by atoms with van der Waals surface area (Å²) < 4.78 is 5.28. The van der Waals surface area contributed by atoms with Gasteiger partial charge < -0.3 is 20.1 Å². The van der Waals surface area contributed by atoms with E-state index in [9.17, 15) is 14.7 Å². The van der Waals surface area contributed by atoms with Crippen molar-refractivity contribution in [2.45, 2.75) is 38.8 Å². The van der Waals surface area contributed by atoms with E-state index in [1.165, 1.54) is 4.90 Å². The summed E-state index contributed by atoms with van der Waals surface area (Å²) in [5.41, 5.74) is 0.816. The second-order valence-corrected chi connectivity index (χ2v) is 7.66. The number of thiazole rings is 1. The van der Waals surface area contributed by atoms with Gasteiger partial charge in [-0.3, -0.25) is 4.90 Å². The fraction of sp³-hybridized carbons (Fsp3) is 0.706. The molecule has 1 aromatic rings. The van der Waals surface area contributed by atoms with Crippen LogP contribution in [0, 0.1) is 0 Å². The number of hydrogen-bond acceptors (Lipinski definition) is 6. The Balaban J connectivity index is 1.83. The average Bonchev–Trinajstić information content (AvgIpc) is 3.07. The van der Waals surface area contributed by atoms with Crippen molar-refractivity contribution in [1.29, 1.82) is 0 Å². The Bertz CT molecular complexity index is 601. The first-order chi connectivity index (χ1) is 12.4. The predicted octanol–water partition coefficient (Wildman–Crippen LogP) is 1.58. The second kappa shape index (κ2) is 9.84. The highest BCUT2D eigenvalue weighted by Gasteiger charge is 2.23. The molecule has 0 bridgehead atoms. The van der Waals surface area contributed by atoms with Crippen LogP contribution in [0.3, 0.4) is 0 Å². The monoisotopic (exact) mass is 384 g/mol. The maximum absolute atomic E-state index is 12.3. The summed E-state index contributed by atoms with van der Waals surface area (Å²) in [6, 6.07) is -1.31. The van der Waals surface area contributed by atoms with Gasteiger partial charge in [0.15, 0.2) is 0 Å². The zero-order valence-corrected chi connectivity index (χ0v) is 16.4. The Morgan fingerprint density at radius 2 is 2.12 bits per heavy atom. The summed E-state index contributed by atoms with van der Waals surface area (Å²) in [5.74, 6) is -0.666. The normalized spacial score (nSPS) is 16.5. The molecular formula is C17H28N4O4S. The number of morpholine rings is 1. The minimum Gasteiger partial charge on any atom is -0.480 e. The van der Waals surface area contributed by atoms with E-state index in [0.29, 0.717) is 38.6 Å². The van der Waals surface area contributed by atoms with Crippen LogP contribution in [-0.4, -0.2) is 77.8 Å². The fourth-order valence-corrected chi connectivity index (χ4v) is 3.45. The third-order valence-corrected chi connectivity index (χ3v) is 5.44. The largest absolute Gasteiger partial charge is 0.480 e. The maximum Gasteiger partial charge on any atom is 0.326 e. The Morgan fingerprint density at radius 3 is 2.69 bits per heavy atom. The Hall–Kier alpha value is -1.71. The van der Waals surface area contributed by atoms with Gasteiger partial charge in [0.2, 0.25) is 0 Å². The standard InChI is InChI=1S/C17H28N4O4S/c1-12(2)15-18-13(11-26-15)10-20(3)17(24)19-14(16(22)23)4-5-21-6-8-25-9-7-21/h11-12,14H,4-10H2,1-3H3,(H,19,24)(H,22,23)/t14-/m0/s1. The summed E-state index contributed by atoms with van der Waals surface area (Å²) in [7, 11) is 1.64. The molecule has 2 N–H and O–H groups in total. The van der Waals surface area contributed by atoms with Crippen molar-refractivity contribution >= 4 is 23.3 Å². The van der Waals surface area contributed by atoms with E-state index in [4.69, 9.17) is 4.74 Å². The molecule has 0 spiro atoms. The van der Waals surface area contributed by atoms with Gasteiger partial charge >= 0.3 is 12.0 Å². The van der Waals surface area contributed by atoms with Crippen molar-refractivity contribution in [3.8, 4) is 0 Å². The number of amides is 2. The van der Waals surface area contributed by atoms with Gasteiger partial charge in [-0.25, -0.2) is 14.6 Å². The van der Waals surface area contributed by atoms with Crippen LogP contribution in [-0.2, 0) is 16.1 Å². The lowest BCUT2D eigenvalue weighted by atomic mass is 10.2. The maximum atomic E-state index is 12.3. The number of hydrogen-bond donors (Lipinski definition) is 2. The lowest BCUT2D eigenvalue weighted by molar-refractivity contribution is -0.139. The SMILES string of the molecule is CC(C)c1nc(CN(C)C(=O)N[C@@H](CCN2CCOCC2)C(=O)O)cs1. The van der Waals surface area contributed by atoms with Crippen molar-refractivity contribution in [3.05, 3.63) is 16.1 Å². The number of carboxylic acids is 1. The van der Waals surface area contributed by atoms with Crippen LogP contribution >= 0.6 is 11.3 Å². The zero-order chi connectivity index (χ0) is 19.1. The van der Waals surface area contributed by atoms with Crippen LogP contribution < -0.4 is 5.32 Å². The van der Waals surface area contributed by atoms with Crippen LogP contribution in [0.1, 0.15) is 36.9 Å². The number of urea groups is 1. The van der Waals surface area contributed by atoms with Gasteiger partial charge in [-0.15, -0.1) is 11.3 Å². The number of aliphatic carboxylic acids is 1. The van der Waals surface area contributed by atoms with Gasteiger partial charge in [0.25, 0.3) is 0 Å². The molecule has 2 amide bonds. The number of nitrogens with one attached hydrogen (secondary N) is 1. The quantitative estimate of drug-likeness (QED) is 0.707. The molecule has 2 rings (SSSR count). The van der Waals surface area contributed by atoms with Gasteiger partial charge in [0, 0.05) is 38.0 Å². The molecule has 0 aromatic carbocycles. The summed E-state index contributed by atoms with van der Waals surface area (Å²) >= 11 is 1.57. The topological polar surface area (TPSA) is 95.0 Å². The van der Waals surface area contributed by atoms with E-state index >= 15 is 0 Å². The van der Waals surface area contributed by atoms with E-state index in [-0.39, 0.29) is 0 Å². The number of rotatable bonds is 8. The molecule has 26 heavy (non-hydrogen) atoms. The third kappa shape index (κ3) is 6.22. The van der Waals surface area contributed by atoms with E-state index in [1.54, 1.807) is 18.4 Å². The molecule has 1 atom stereocenters. The number of carbonyl (C=O) groups excluding carboxylic acids is 1. The summed E-state index contributed by atoms with van der Waals surface area (Å²) in [6.07, 6.45) is 0.364. The summed E-state index contributed by atoms with van der Waals surface area (Å²) in [5, 5.41) is 15.0. The molecule has 1 fully saturated rings. The molecule has 0 saturated carbocycles. The van der Waals surface area contributed by atoms with Gasteiger partial charge in [0.1, 0.15) is 6.04 Å². The Labute approximate surface area is 158 Å². The van der Waals surface area contributed by atoms with Gasteiger partial charge in [-0.1, -0.05) is 13.8 Å². The van der Waals surface area contributed by atoms with Crippen LogP contribution in [0.25, 0.3) is 0 Å². The molecular weight excluding hydrogens is 356 g/mol. The first kappa shape index (κ1) is 20.6. The fourth-order valence-electron chi connectivity index (χ4n) is 2.63. The van der Waals surface area contributed by atoms with Crippen LogP contribution in [0.4, 0.5) is 4.79 Å². The zero-order valence-electron chi connectivity index (χ0n) is 15.6. The van der Waals surface area contributed by atoms with Gasteiger partial charge in [-0.05, 0) is 6.42 Å². The lowest BCUT2D eigenvalue weighted by Gasteiger charge is -2.28. The number of ether oxygens (including phenoxy) is 1. The summed E-state index contributed by atoms with van der Waals surface area (Å²) in [6.45, 7) is 8.04. The highest BCUT2D eigenvalue weighted by atomic mass is 32.1. The first-order valence-corrected chi connectivity index (χ1v) is 9.73. The highest BCUT2D eigenvalue weighted by molar-refractivity contribution is 7.09. The van der Waals surface area contributed by atoms with Crippen LogP contribution in [0.2, 0.25) is 0 Å². The molecule has 1 aliphatic heterocycles. The lowest BCUT2D eigenvalue weighted by Crippen LogP contribution is -2.48. The van der Waals surface area contributed by atoms with Crippen molar-refractivity contribution in [1.82, 2.24) is 20.1 Å². The van der Waals surface area contributed by atoms with Gasteiger partial charge in [-0.2, -0.15) is 0 Å². The van der Waals surface area contributed by atoms with E-state index in [0.717, 1.165) is 23.8 Å². The molecule has 1 saturated heterocycles. The van der Waals surface area contributed by atoms with E-state index < -0.39 is 18.0 Å². The molecule has 1 aromatic heterocycles. The Kier molecular flexibility index (Phi) is 7.80. The third-order valence-electron chi connectivity index (χ3n) is 4.24. The molecule has 0 unspecified atom stereocenters. The molecule has 0 aliphatic carbocycles. The number of carboxylic acid groups (broad SMARTS) is 1. The van der Waals surface area contributed by atoms with Crippen molar-refractivity contribution < 1.29 is 19.4 Å². The second-order valence-electron chi connectivity index (χ2n) is 6.77. The summed E-state index contributed by atoms with van der Waals surface area (Å²) in [4.78, 5) is 31.9. The van der Waals surface area contributed by atoms with Crippen molar-refractivity contribution in [3.63, 3.8) is 0 Å². The van der Waals surface area contributed by atoms with E-state index in [2.05, 4.69) is 29.0 Å². The highest BCUT2D eigenvalue weighted by Crippen LogP contribution is 2.19. The predicted molar refractivity (Wildman–Crippen MR) is 99.5 cm³/mol. The number of nitrogens with zero attached hydrogens (tertiary/aromatic N) is 3. The molecule has 0 radical (unpaired) electrons. The Morgan fingerprint density at radius 1 is 1.42 bits per heavy atom. The minimum atomic E-state index is -1.02. The average molecular weight is 385 g/mol. The van der Waals surface area contributed by atoms with Gasteiger partial charge in [0.05, 0.1) is 30.5 Å². The van der Waals surface area contributed by atoms with Crippen molar-refractivity contribution in [2.75, 3.05) is 39.9 Å².